The smallest absolute Gasteiger partial charge is 0.120 e. The van der Waals surface area contributed by atoms with Crippen molar-refractivity contribution in [2.24, 2.45) is 0 Å². The van der Waals surface area contributed by atoms with E-state index in [4.69, 9.17) is 4.74 Å². The molecule has 3 nitrogen and oxygen atoms in total. The van der Waals surface area contributed by atoms with E-state index in [9.17, 15) is 10.2 Å². The predicted molar refractivity (Wildman–Crippen MR) is 61.3 cm³/mol. The summed E-state index contributed by atoms with van der Waals surface area (Å²) >= 11 is 0. The lowest BCUT2D eigenvalue weighted by Gasteiger charge is -2.17. The van der Waals surface area contributed by atoms with Gasteiger partial charge in [-0.2, -0.15) is 0 Å². The highest BCUT2D eigenvalue weighted by atomic mass is 16.5. The van der Waals surface area contributed by atoms with Gasteiger partial charge in [-0.25, -0.2) is 0 Å². The van der Waals surface area contributed by atoms with Crippen molar-refractivity contribution in [1.29, 1.82) is 0 Å². The first kappa shape index (κ1) is 11.4. The van der Waals surface area contributed by atoms with Gasteiger partial charge in [0.2, 0.25) is 0 Å². The lowest BCUT2D eigenvalue weighted by Crippen LogP contribution is -2.16. The molecule has 0 saturated heterocycles. The highest BCUT2D eigenvalue weighted by Gasteiger charge is 2.24. The number of hydrogen-bond acceptors (Lipinski definition) is 3. The van der Waals surface area contributed by atoms with Crippen LogP contribution in [-0.4, -0.2) is 22.4 Å². The summed E-state index contributed by atoms with van der Waals surface area (Å²) in [6.45, 7) is 1.85. The molecule has 1 aromatic rings. The first-order chi connectivity index (χ1) is 7.70. The molecule has 0 aliphatic heterocycles. The molecule has 0 radical (unpaired) electrons. The first-order valence-corrected chi connectivity index (χ1v) is 5.83. The first-order valence-electron chi connectivity index (χ1n) is 5.83. The SMILES string of the molecule is CCC(O)C(O)c1cccc(OC2CC2)c1. The van der Waals surface area contributed by atoms with E-state index in [1.165, 1.54) is 0 Å². The van der Waals surface area contributed by atoms with E-state index in [0.717, 1.165) is 18.6 Å². The standard InChI is InChI=1S/C13H18O3/c1-2-12(14)13(15)9-4-3-5-11(8-9)16-10-6-7-10/h3-5,8,10,12-15H,2,6-7H2,1H3. The highest BCUT2D eigenvalue weighted by Crippen LogP contribution is 2.29. The molecule has 16 heavy (non-hydrogen) atoms. The summed E-state index contributed by atoms with van der Waals surface area (Å²) in [4.78, 5) is 0. The molecule has 0 heterocycles. The Balaban J connectivity index is 2.07. The monoisotopic (exact) mass is 222 g/mol. The summed E-state index contributed by atoms with van der Waals surface area (Å²) in [6, 6.07) is 7.34. The van der Waals surface area contributed by atoms with Crippen LogP contribution in [0.25, 0.3) is 0 Å². The van der Waals surface area contributed by atoms with Crippen LogP contribution in [0.1, 0.15) is 37.9 Å². The molecule has 0 bridgehead atoms. The number of hydrogen-bond donors (Lipinski definition) is 2. The van der Waals surface area contributed by atoms with E-state index in [2.05, 4.69) is 0 Å². The van der Waals surface area contributed by atoms with Crippen LogP contribution in [0.15, 0.2) is 24.3 Å². The Labute approximate surface area is 95.7 Å². The number of aliphatic hydroxyl groups is 2. The van der Waals surface area contributed by atoms with Crippen LogP contribution in [0.5, 0.6) is 5.75 Å². The van der Waals surface area contributed by atoms with Crippen molar-refractivity contribution in [2.75, 3.05) is 0 Å². The maximum absolute atomic E-state index is 9.86. The van der Waals surface area contributed by atoms with E-state index < -0.39 is 12.2 Å². The van der Waals surface area contributed by atoms with Gasteiger partial charge in [-0.3, -0.25) is 0 Å². The van der Waals surface area contributed by atoms with Gasteiger partial charge in [0.15, 0.2) is 0 Å². The molecule has 1 aliphatic carbocycles. The zero-order valence-corrected chi connectivity index (χ0v) is 9.47. The van der Waals surface area contributed by atoms with E-state index in [1.54, 1.807) is 0 Å². The molecule has 0 amide bonds. The van der Waals surface area contributed by atoms with Crippen molar-refractivity contribution in [2.45, 2.75) is 44.5 Å². The van der Waals surface area contributed by atoms with Crippen molar-refractivity contribution >= 4 is 0 Å². The second-order valence-corrected chi connectivity index (χ2v) is 4.31. The number of aliphatic hydroxyl groups excluding tert-OH is 2. The maximum Gasteiger partial charge on any atom is 0.120 e. The summed E-state index contributed by atoms with van der Waals surface area (Å²) < 4.78 is 5.64. The van der Waals surface area contributed by atoms with Crippen LogP contribution < -0.4 is 4.74 Å². The van der Waals surface area contributed by atoms with Gasteiger partial charge < -0.3 is 14.9 Å². The summed E-state index contributed by atoms with van der Waals surface area (Å²) in [5, 5.41) is 19.4. The number of rotatable bonds is 5. The van der Waals surface area contributed by atoms with Gasteiger partial charge in [0, 0.05) is 0 Å². The minimum atomic E-state index is -0.826. The van der Waals surface area contributed by atoms with E-state index in [0.29, 0.717) is 18.1 Å². The molecular weight excluding hydrogens is 204 g/mol. The largest absolute Gasteiger partial charge is 0.490 e. The fraction of sp³-hybridized carbons (Fsp3) is 0.538. The Morgan fingerprint density at radius 1 is 1.38 bits per heavy atom. The van der Waals surface area contributed by atoms with Gasteiger partial charge in [-0.15, -0.1) is 0 Å². The second kappa shape index (κ2) is 4.85. The molecule has 1 aromatic carbocycles. The third-order valence-corrected chi connectivity index (χ3v) is 2.81. The van der Waals surface area contributed by atoms with E-state index in [-0.39, 0.29) is 0 Å². The molecule has 88 valence electrons. The topological polar surface area (TPSA) is 49.7 Å². The Kier molecular flexibility index (Phi) is 3.46. The molecule has 2 N–H and O–H groups in total. The van der Waals surface area contributed by atoms with Gasteiger partial charge in [-0.1, -0.05) is 19.1 Å². The summed E-state index contributed by atoms with van der Waals surface area (Å²) in [5.41, 5.74) is 0.715. The normalized spacial score (nSPS) is 19.2. The Morgan fingerprint density at radius 3 is 2.75 bits per heavy atom. The molecule has 1 aliphatic rings. The van der Waals surface area contributed by atoms with Crippen molar-refractivity contribution in [3.05, 3.63) is 29.8 Å². The molecule has 3 heteroatoms. The van der Waals surface area contributed by atoms with Crippen molar-refractivity contribution in [3.63, 3.8) is 0 Å². The third kappa shape index (κ3) is 2.74. The van der Waals surface area contributed by atoms with Gasteiger partial charge in [-0.05, 0) is 37.0 Å². The zero-order valence-electron chi connectivity index (χ0n) is 9.47. The predicted octanol–water partition coefficient (Wildman–Crippen LogP) is 2.03. The van der Waals surface area contributed by atoms with Crippen LogP contribution in [-0.2, 0) is 0 Å². The summed E-state index contributed by atoms with van der Waals surface area (Å²) in [5.74, 6) is 0.780. The van der Waals surface area contributed by atoms with Crippen LogP contribution in [0, 0.1) is 0 Å². The fourth-order valence-corrected chi connectivity index (χ4v) is 1.60. The van der Waals surface area contributed by atoms with Crippen LogP contribution in [0.3, 0.4) is 0 Å². The average Bonchev–Trinajstić information content (AvgIpc) is 3.11. The van der Waals surface area contributed by atoms with Crippen LogP contribution >= 0.6 is 0 Å². The maximum atomic E-state index is 9.86. The minimum Gasteiger partial charge on any atom is -0.490 e. The van der Waals surface area contributed by atoms with Gasteiger partial charge in [0.1, 0.15) is 11.9 Å². The Bertz CT molecular complexity index is 347. The highest BCUT2D eigenvalue weighted by molar-refractivity contribution is 5.30. The third-order valence-electron chi connectivity index (χ3n) is 2.81. The lowest BCUT2D eigenvalue weighted by molar-refractivity contribution is 0.0163. The average molecular weight is 222 g/mol. The molecule has 0 spiro atoms. The van der Waals surface area contributed by atoms with Gasteiger partial charge in [0.25, 0.3) is 0 Å². The van der Waals surface area contributed by atoms with Crippen LogP contribution in [0.2, 0.25) is 0 Å². The van der Waals surface area contributed by atoms with Crippen molar-refractivity contribution in [3.8, 4) is 5.75 Å². The minimum absolute atomic E-state index is 0.350. The Morgan fingerprint density at radius 2 is 2.12 bits per heavy atom. The second-order valence-electron chi connectivity index (χ2n) is 4.31. The van der Waals surface area contributed by atoms with Crippen molar-refractivity contribution < 1.29 is 14.9 Å². The lowest BCUT2D eigenvalue weighted by atomic mass is 10.0. The van der Waals surface area contributed by atoms with Gasteiger partial charge >= 0.3 is 0 Å². The zero-order chi connectivity index (χ0) is 11.5. The van der Waals surface area contributed by atoms with E-state index in [1.807, 2.05) is 31.2 Å². The number of ether oxygens (including phenoxy) is 1. The van der Waals surface area contributed by atoms with Crippen molar-refractivity contribution in [1.82, 2.24) is 0 Å². The Hall–Kier alpha value is -1.06. The molecule has 2 atom stereocenters. The summed E-state index contributed by atoms with van der Waals surface area (Å²) in [7, 11) is 0. The molecule has 0 aromatic heterocycles. The quantitative estimate of drug-likeness (QED) is 0.801. The van der Waals surface area contributed by atoms with E-state index >= 15 is 0 Å². The van der Waals surface area contributed by atoms with Crippen LogP contribution in [0.4, 0.5) is 0 Å². The molecule has 1 fully saturated rings. The molecule has 2 rings (SSSR count). The number of benzene rings is 1. The van der Waals surface area contributed by atoms with Gasteiger partial charge in [0.05, 0.1) is 12.2 Å². The molecule has 1 saturated carbocycles. The fourth-order valence-electron chi connectivity index (χ4n) is 1.60. The molecule has 2 unspecified atom stereocenters. The summed E-state index contributed by atoms with van der Waals surface area (Å²) in [6.07, 6.45) is 1.58. The molecular formula is C13H18O3.